The Morgan fingerprint density at radius 3 is 2.15 bits per heavy atom. The zero-order chi connectivity index (χ0) is 20.3. The van der Waals surface area contributed by atoms with Crippen molar-refractivity contribution in [2.75, 3.05) is 18.4 Å². The fraction of sp³-hybridized carbons (Fsp3) is 0.632. The molecule has 146 valence electrons. The van der Waals surface area contributed by atoms with Crippen molar-refractivity contribution < 1.29 is 14.4 Å². The topological polar surface area (TPSA) is 78.5 Å². The Kier molecular flexibility index (Phi) is 6.99. The average Bonchev–Trinajstić information content (AvgIpc) is 2.81. The molecule has 0 atom stereocenters. The van der Waals surface area contributed by atoms with E-state index < -0.39 is 5.41 Å². The molecule has 0 saturated heterocycles. The molecule has 2 N–H and O–H groups in total. The van der Waals surface area contributed by atoms with Crippen LogP contribution in [0.1, 0.15) is 63.7 Å². The van der Waals surface area contributed by atoms with Crippen molar-refractivity contribution in [3.63, 3.8) is 0 Å². The third-order valence-electron chi connectivity index (χ3n) is 3.55. The van der Waals surface area contributed by atoms with E-state index in [1.54, 1.807) is 6.07 Å². The maximum Gasteiger partial charge on any atom is 0.264 e. The molecule has 0 bridgehead atoms. The number of carbonyl (C=O) groups is 3. The number of carbonyl (C=O) groups excluding carboxylic acids is 3. The number of aryl methyl sites for hydroxylation is 1. The highest BCUT2D eigenvalue weighted by atomic mass is 32.1. The van der Waals surface area contributed by atoms with Crippen LogP contribution in [0.3, 0.4) is 0 Å². The highest BCUT2D eigenvalue weighted by molar-refractivity contribution is 7.18. The van der Waals surface area contributed by atoms with E-state index in [2.05, 4.69) is 10.6 Å². The number of hydrogen-bond donors (Lipinski definition) is 2. The van der Waals surface area contributed by atoms with E-state index in [1.807, 2.05) is 55.4 Å². The SMILES string of the molecule is CCN(CC(=O)NC(C)(C)C)C(=O)c1sc(NC(=O)C(C)(C)C)cc1C. The van der Waals surface area contributed by atoms with Gasteiger partial charge in [0.25, 0.3) is 5.91 Å². The maximum absolute atomic E-state index is 12.8. The highest BCUT2D eigenvalue weighted by Crippen LogP contribution is 2.29. The lowest BCUT2D eigenvalue weighted by atomic mass is 9.96. The van der Waals surface area contributed by atoms with Gasteiger partial charge >= 0.3 is 0 Å². The molecule has 0 aliphatic heterocycles. The van der Waals surface area contributed by atoms with E-state index in [4.69, 9.17) is 0 Å². The van der Waals surface area contributed by atoms with E-state index in [9.17, 15) is 14.4 Å². The minimum Gasteiger partial charge on any atom is -0.350 e. The Labute approximate surface area is 160 Å². The van der Waals surface area contributed by atoms with Crippen LogP contribution >= 0.6 is 11.3 Å². The molecule has 0 aliphatic carbocycles. The van der Waals surface area contributed by atoms with E-state index >= 15 is 0 Å². The molecule has 1 aromatic rings. The van der Waals surface area contributed by atoms with Crippen LogP contribution in [0.4, 0.5) is 5.00 Å². The van der Waals surface area contributed by atoms with Crippen LogP contribution in [-0.4, -0.2) is 41.2 Å². The molecule has 0 saturated carbocycles. The van der Waals surface area contributed by atoms with Gasteiger partial charge in [-0.15, -0.1) is 11.3 Å². The molecule has 0 aromatic carbocycles. The van der Waals surface area contributed by atoms with Crippen LogP contribution in [0.25, 0.3) is 0 Å². The van der Waals surface area contributed by atoms with Crippen molar-refractivity contribution in [2.45, 2.75) is 60.9 Å². The summed E-state index contributed by atoms with van der Waals surface area (Å²) < 4.78 is 0. The summed E-state index contributed by atoms with van der Waals surface area (Å²) in [6, 6.07) is 1.80. The standard InChI is InChI=1S/C19H31N3O3S/c1-9-22(11-13(23)21-19(6,7)8)16(24)15-12(2)10-14(26-15)20-17(25)18(3,4)5/h10H,9,11H2,1-8H3,(H,20,25)(H,21,23). The number of rotatable bonds is 5. The first kappa shape index (κ1) is 22.2. The predicted octanol–water partition coefficient (Wildman–Crippen LogP) is 3.42. The molecule has 7 heteroatoms. The second-order valence-electron chi connectivity index (χ2n) is 8.44. The van der Waals surface area contributed by atoms with Gasteiger partial charge in [0.15, 0.2) is 0 Å². The Balaban J connectivity index is 2.91. The van der Waals surface area contributed by atoms with Gasteiger partial charge in [0.1, 0.15) is 0 Å². The largest absolute Gasteiger partial charge is 0.350 e. The summed E-state index contributed by atoms with van der Waals surface area (Å²) in [6.07, 6.45) is 0. The minimum absolute atomic E-state index is 0.00757. The Bertz CT molecular complexity index is 681. The molecule has 1 aromatic heterocycles. The monoisotopic (exact) mass is 381 g/mol. The summed E-state index contributed by atoms with van der Waals surface area (Å²) in [6.45, 7) is 15.3. The van der Waals surface area contributed by atoms with Gasteiger partial charge in [-0.1, -0.05) is 20.8 Å². The fourth-order valence-corrected chi connectivity index (χ4v) is 3.19. The minimum atomic E-state index is -0.511. The van der Waals surface area contributed by atoms with Gasteiger partial charge in [0, 0.05) is 17.5 Å². The van der Waals surface area contributed by atoms with Gasteiger partial charge in [-0.3, -0.25) is 14.4 Å². The van der Waals surface area contributed by atoms with Gasteiger partial charge < -0.3 is 15.5 Å². The zero-order valence-electron chi connectivity index (χ0n) is 17.1. The Morgan fingerprint density at radius 1 is 1.12 bits per heavy atom. The van der Waals surface area contributed by atoms with Crippen LogP contribution in [-0.2, 0) is 9.59 Å². The average molecular weight is 382 g/mol. The van der Waals surface area contributed by atoms with Crippen molar-refractivity contribution >= 4 is 34.1 Å². The second kappa shape index (κ2) is 8.20. The molecule has 0 aliphatic rings. The highest BCUT2D eigenvalue weighted by Gasteiger charge is 2.25. The third-order valence-corrected chi connectivity index (χ3v) is 4.69. The van der Waals surface area contributed by atoms with Crippen molar-refractivity contribution in [2.24, 2.45) is 5.41 Å². The summed E-state index contributed by atoms with van der Waals surface area (Å²) in [5.41, 5.74) is -0.0652. The molecule has 1 heterocycles. The molecule has 26 heavy (non-hydrogen) atoms. The van der Waals surface area contributed by atoms with Crippen molar-refractivity contribution in [1.29, 1.82) is 0 Å². The number of thiophene rings is 1. The summed E-state index contributed by atoms with van der Waals surface area (Å²) in [5, 5.41) is 6.36. The Morgan fingerprint density at radius 2 is 1.69 bits per heavy atom. The van der Waals surface area contributed by atoms with E-state index in [0.717, 1.165) is 5.56 Å². The molecule has 6 nitrogen and oxygen atoms in total. The third kappa shape index (κ3) is 6.44. The van der Waals surface area contributed by atoms with Crippen LogP contribution in [0.5, 0.6) is 0 Å². The number of nitrogens with zero attached hydrogens (tertiary/aromatic N) is 1. The van der Waals surface area contributed by atoms with Crippen molar-refractivity contribution in [3.05, 3.63) is 16.5 Å². The van der Waals surface area contributed by atoms with Gasteiger partial charge in [0.05, 0.1) is 16.4 Å². The first-order chi connectivity index (χ1) is 11.7. The van der Waals surface area contributed by atoms with Gasteiger partial charge in [0.2, 0.25) is 11.8 Å². The lowest BCUT2D eigenvalue weighted by Gasteiger charge is -2.25. The smallest absolute Gasteiger partial charge is 0.264 e. The first-order valence-corrected chi connectivity index (χ1v) is 9.58. The molecule has 3 amide bonds. The van der Waals surface area contributed by atoms with Crippen molar-refractivity contribution in [1.82, 2.24) is 10.2 Å². The summed E-state index contributed by atoms with van der Waals surface area (Å²) in [4.78, 5) is 39.2. The number of amides is 3. The van der Waals surface area contributed by atoms with Gasteiger partial charge in [-0.05, 0) is 46.2 Å². The van der Waals surface area contributed by atoms with E-state index in [-0.39, 0.29) is 29.8 Å². The lowest BCUT2D eigenvalue weighted by Crippen LogP contribution is -2.47. The molecular weight excluding hydrogens is 350 g/mol. The molecule has 0 unspecified atom stereocenters. The van der Waals surface area contributed by atoms with E-state index in [1.165, 1.54) is 16.2 Å². The van der Waals surface area contributed by atoms with Crippen molar-refractivity contribution in [3.8, 4) is 0 Å². The first-order valence-electron chi connectivity index (χ1n) is 8.76. The second-order valence-corrected chi connectivity index (χ2v) is 9.50. The lowest BCUT2D eigenvalue weighted by molar-refractivity contribution is -0.123. The molecule has 0 fully saturated rings. The summed E-state index contributed by atoms with van der Waals surface area (Å²) in [7, 11) is 0. The predicted molar refractivity (Wildman–Crippen MR) is 107 cm³/mol. The molecule has 1 rings (SSSR count). The van der Waals surface area contributed by atoms with Gasteiger partial charge in [-0.25, -0.2) is 0 Å². The zero-order valence-corrected chi connectivity index (χ0v) is 17.9. The molecule has 0 radical (unpaired) electrons. The fourth-order valence-electron chi connectivity index (χ4n) is 2.16. The van der Waals surface area contributed by atoms with Crippen LogP contribution < -0.4 is 10.6 Å². The quantitative estimate of drug-likeness (QED) is 0.820. The maximum atomic E-state index is 12.8. The Hall–Kier alpha value is -1.89. The number of likely N-dealkylation sites (N-methyl/N-ethyl adjacent to an activating group) is 1. The molecular formula is C19H31N3O3S. The van der Waals surface area contributed by atoms with Crippen LogP contribution in [0, 0.1) is 12.3 Å². The van der Waals surface area contributed by atoms with Gasteiger partial charge in [-0.2, -0.15) is 0 Å². The summed E-state index contributed by atoms with van der Waals surface area (Å²) >= 11 is 1.24. The van der Waals surface area contributed by atoms with E-state index in [0.29, 0.717) is 16.4 Å². The molecule has 0 spiro atoms. The number of nitrogens with one attached hydrogen (secondary N) is 2. The number of hydrogen-bond acceptors (Lipinski definition) is 4. The summed E-state index contributed by atoms with van der Waals surface area (Å²) in [5.74, 6) is -0.492. The van der Waals surface area contributed by atoms with Crippen LogP contribution in [0.15, 0.2) is 6.07 Å². The van der Waals surface area contributed by atoms with Crippen LogP contribution in [0.2, 0.25) is 0 Å². The number of anilines is 1. The normalized spacial score (nSPS) is 11.8.